The molecular weight excluding hydrogens is 204 g/mol. The number of nitrogens with zero attached hydrogens (tertiary/aromatic N) is 4. The minimum absolute atomic E-state index is 0.717. The van der Waals surface area contributed by atoms with Gasteiger partial charge in [0.2, 0.25) is 0 Å². The maximum absolute atomic E-state index is 5.54. The fraction of sp³-hybridized carbons (Fsp3) is 0.182. The summed E-state index contributed by atoms with van der Waals surface area (Å²) in [6.45, 7) is 3.75. The summed E-state index contributed by atoms with van der Waals surface area (Å²) in [4.78, 5) is 8.61. The lowest BCUT2D eigenvalue weighted by molar-refractivity contribution is 0.546. The van der Waals surface area contributed by atoms with Crippen LogP contribution in [0.3, 0.4) is 0 Å². The summed E-state index contributed by atoms with van der Waals surface area (Å²) >= 11 is 0. The first-order valence-corrected chi connectivity index (χ1v) is 4.99. The summed E-state index contributed by atoms with van der Waals surface area (Å²) in [7, 11) is 0. The summed E-state index contributed by atoms with van der Waals surface area (Å²) in [5.74, 6) is 2.29. The molecule has 0 N–H and O–H groups in total. The predicted octanol–water partition coefficient (Wildman–Crippen LogP) is 2.00. The van der Waals surface area contributed by atoms with Gasteiger partial charge in [0.15, 0.2) is 17.1 Å². The lowest BCUT2D eigenvalue weighted by atomic mass is 10.3. The molecule has 0 aliphatic carbocycles. The molecule has 3 aromatic rings. The third-order valence-corrected chi connectivity index (χ3v) is 2.33. The van der Waals surface area contributed by atoms with E-state index in [9.17, 15) is 0 Å². The molecule has 0 atom stereocenters. The van der Waals surface area contributed by atoms with Crippen LogP contribution in [0.5, 0.6) is 0 Å². The molecule has 80 valence electrons. The number of hydrogen-bond donors (Lipinski definition) is 0. The van der Waals surface area contributed by atoms with Gasteiger partial charge in [-0.05, 0) is 26.0 Å². The van der Waals surface area contributed by atoms with Crippen LogP contribution in [-0.4, -0.2) is 19.6 Å². The topological polar surface area (TPSA) is 56.2 Å². The van der Waals surface area contributed by atoms with Crippen molar-refractivity contribution in [3.8, 4) is 11.5 Å². The van der Waals surface area contributed by atoms with E-state index in [1.807, 2.05) is 26.0 Å². The van der Waals surface area contributed by atoms with Crippen LogP contribution in [0.25, 0.3) is 17.1 Å². The number of furan rings is 1. The van der Waals surface area contributed by atoms with E-state index in [0.717, 1.165) is 23.0 Å². The number of hydrogen-bond acceptors (Lipinski definition) is 4. The highest BCUT2D eigenvalue weighted by Crippen LogP contribution is 2.22. The molecule has 0 aliphatic heterocycles. The van der Waals surface area contributed by atoms with Crippen molar-refractivity contribution >= 4 is 5.65 Å². The quantitative estimate of drug-likeness (QED) is 0.621. The summed E-state index contributed by atoms with van der Waals surface area (Å²) < 4.78 is 7.25. The van der Waals surface area contributed by atoms with Gasteiger partial charge in [0, 0.05) is 12.4 Å². The zero-order chi connectivity index (χ0) is 11.1. The van der Waals surface area contributed by atoms with Crippen molar-refractivity contribution in [1.29, 1.82) is 0 Å². The Labute approximate surface area is 91.8 Å². The highest BCUT2D eigenvalue weighted by Gasteiger charge is 2.11. The smallest absolute Gasteiger partial charge is 0.185 e. The second-order valence-corrected chi connectivity index (χ2v) is 3.61. The molecule has 3 heterocycles. The van der Waals surface area contributed by atoms with E-state index in [-0.39, 0.29) is 0 Å². The first-order chi connectivity index (χ1) is 7.74. The van der Waals surface area contributed by atoms with Gasteiger partial charge in [0.05, 0.1) is 0 Å². The second kappa shape index (κ2) is 3.16. The van der Waals surface area contributed by atoms with Crippen LogP contribution in [0.15, 0.2) is 28.9 Å². The average Bonchev–Trinajstić information content (AvgIpc) is 2.82. The van der Waals surface area contributed by atoms with Crippen LogP contribution >= 0.6 is 0 Å². The minimum atomic E-state index is 0.717. The Morgan fingerprint density at radius 2 is 2.12 bits per heavy atom. The Morgan fingerprint density at radius 3 is 2.88 bits per heavy atom. The average molecular weight is 214 g/mol. The summed E-state index contributed by atoms with van der Waals surface area (Å²) in [5, 5.41) is 4.23. The maximum Gasteiger partial charge on any atom is 0.185 e. The Bertz CT molecular complexity index is 653. The molecule has 0 spiro atoms. The molecule has 0 fully saturated rings. The molecule has 3 aromatic heterocycles. The third kappa shape index (κ3) is 1.29. The van der Waals surface area contributed by atoms with Crippen molar-refractivity contribution in [3.63, 3.8) is 0 Å². The summed E-state index contributed by atoms with van der Waals surface area (Å²) in [6, 6.07) is 3.80. The normalized spacial score (nSPS) is 11.1. The second-order valence-electron chi connectivity index (χ2n) is 3.61. The van der Waals surface area contributed by atoms with Crippen LogP contribution in [0, 0.1) is 13.8 Å². The highest BCUT2D eigenvalue weighted by molar-refractivity contribution is 5.69. The van der Waals surface area contributed by atoms with Crippen molar-refractivity contribution < 1.29 is 4.42 Å². The number of fused-ring (bicyclic) bond motifs is 1. The van der Waals surface area contributed by atoms with Gasteiger partial charge in [-0.1, -0.05) is 0 Å². The van der Waals surface area contributed by atoms with E-state index in [1.54, 1.807) is 16.9 Å². The van der Waals surface area contributed by atoms with Crippen molar-refractivity contribution in [2.45, 2.75) is 13.8 Å². The van der Waals surface area contributed by atoms with Crippen molar-refractivity contribution in [2.75, 3.05) is 0 Å². The molecule has 5 heteroatoms. The first-order valence-electron chi connectivity index (χ1n) is 4.99. The highest BCUT2D eigenvalue weighted by atomic mass is 16.3. The Hall–Kier alpha value is -2.17. The summed E-state index contributed by atoms with van der Waals surface area (Å²) in [6.07, 6.45) is 3.46. The van der Waals surface area contributed by atoms with Crippen molar-refractivity contribution in [3.05, 3.63) is 36.1 Å². The van der Waals surface area contributed by atoms with E-state index >= 15 is 0 Å². The third-order valence-electron chi connectivity index (χ3n) is 2.33. The van der Waals surface area contributed by atoms with Gasteiger partial charge in [-0.15, -0.1) is 0 Å². The molecule has 0 aliphatic rings. The molecule has 0 bridgehead atoms. The Balaban J connectivity index is 2.30. The monoisotopic (exact) mass is 214 g/mol. The van der Waals surface area contributed by atoms with Crippen LogP contribution in [-0.2, 0) is 0 Å². The van der Waals surface area contributed by atoms with Crippen LogP contribution in [0.2, 0.25) is 0 Å². The van der Waals surface area contributed by atoms with Gasteiger partial charge >= 0.3 is 0 Å². The Kier molecular flexibility index (Phi) is 1.80. The van der Waals surface area contributed by atoms with Gasteiger partial charge in [0.1, 0.15) is 11.6 Å². The van der Waals surface area contributed by atoms with Gasteiger partial charge in [-0.2, -0.15) is 5.10 Å². The lowest BCUT2D eigenvalue weighted by Crippen LogP contribution is -1.91. The summed E-state index contributed by atoms with van der Waals surface area (Å²) in [5.41, 5.74) is 1.44. The largest absolute Gasteiger partial charge is 0.460 e. The fourth-order valence-corrected chi connectivity index (χ4v) is 1.66. The van der Waals surface area contributed by atoms with Gasteiger partial charge in [0.25, 0.3) is 0 Å². The standard InChI is InChI=1S/C11H10N4O/c1-7-3-4-9(16-7)10-11-13-8(2)14-15(11)6-5-12-10/h3-6H,1-2H3. The van der Waals surface area contributed by atoms with Gasteiger partial charge in [-0.3, -0.25) is 0 Å². The maximum atomic E-state index is 5.54. The zero-order valence-electron chi connectivity index (χ0n) is 9.01. The molecule has 0 amide bonds. The van der Waals surface area contributed by atoms with Crippen LogP contribution in [0.4, 0.5) is 0 Å². The molecule has 0 unspecified atom stereocenters. The Morgan fingerprint density at radius 1 is 1.25 bits per heavy atom. The first kappa shape index (κ1) is 9.08. The van der Waals surface area contributed by atoms with E-state index in [2.05, 4.69) is 15.1 Å². The fourth-order valence-electron chi connectivity index (χ4n) is 1.66. The molecule has 0 saturated carbocycles. The molecule has 0 saturated heterocycles. The van der Waals surface area contributed by atoms with Crippen molar-refractivity contribution in [2.24, 2.45) is 0 Å². The molecule has 16 heavy (non-hydrogen) atoms. The molecule has 0 aromatic carbocycles. The van der Waals surface area contributed by atoms with Gasteiger partial charge in [-0.25, -0.2) is 14.5 Å². The van der Waals surface area contributed by atoms with E-state index in [1.165, 1.54) is 0 Å². The minimum Gasteiger partial charge on any atom is -0.460 e. The van der Waals surface area contributed by atoms with E-state index in [0.29, 0.717) is 5.65 Å². The number of aromatic nitrogens is 4. The molecule has 0 radical (unpaired) electrons. The SMILES string of the molecule is Cc1nc2c(-c3ccc(C)o3)nccn2n1. The van der Waals surface area contributed by atoms with Crippen LogP contribution < -0.4 is 0 Å². The number of rotatable bonds is 1. The zero-order valence-corrected chi connectivity index (χ0v) is 9.01. The van der Waals surface area contributed by atoms with Crippen molar-refractivity contribution in [1.82, 2.24) is 19.6 Å². The van der Waals surface area contributed by atoms with Crippen LogP contribution in [0.1, 0.15) is 11.6 Å². The lowest BCUT2D eigenvalue weighted by Gasteiger charge is -1.97. The molecular formula is C11H10N4O. The number of aryl methyl sites for hydroxylation is 2. The molecule has 3 rings (SSSR count). The molecule has 5 nitrogen and oxygen atoms in total. The van der Waals surface area contributed by atoms with E-state index in [4.69, 9.17) is 4.42 Å². The van der Waals surface area contributed by atoms with Gasteiger partial charge < -0.3 is 4.42 Å². The predicted molar refractivity (Wildman–Crippen MR) is 58.0 cm³/mol. The van der Waals surface area contributed by atoms with E-state index < -0.39 is 0 Å².